The molecule has 5 rings (SSSR count). The van der Waals surface area contributed by atoms with Gasteiger partial charge < -0.3 is 25.4 Å². The molecule has 2 heterocycles. The topological polar surface area (TPSA) is 97.5 Å². The molecule has 2 atom stereocenters. The number of anilines is 1. The van der Waals surface area contributed by atoms with Crippen molar-refractivity contribution in [2.24, 2.45) is 0 Å². The third-order valence-corrected chi connectivity index (χ3v) is 8.45. The van der Waals surface area contributed by atoms with E-state index < -0.39 is 6.04 Å². The van der Waals surface area contributed by atoms with Crippen molar-refractivity contribution in [1.29, 1.82) is 0 Å². The Hall–Kier alpha value is -4.43. The molecule has 3 amide bonds. The molecule has 0 aliphatic carbocycles. The zero-order valence-electron chi connectivity index (χ0n) is 25.4. The van der Waals surface area contributed by atoms with Crippen molar-refractivity contribution in [1.82, 2.24) is 20.1 Å². The Morgan fingerprint density at radius 1 is 0.977 bits per heavy atom. The van der Waals surface area contributed by atoms with Gasteiger partial charge in [-0.2, -0.15) is 0 Å². The first kappa shape index (κ1) is 30.0. The number of carbonyl (C=O) groups is 3. The molecule has 224 valence electrons. The predicted molar refractivity (Wildman–Crippen MR) is 171 cm³/mol. The quantitative estimate of drug-likeness (QED) is 0.208. The van der Waals surface area contributed by atoms with E-state index in [-0.39, 0.29) is 23.6 Å². The van der Waals surface area contributed by atoms with Gasteiger partial charge in [-0.3, -0.25) is 9.59 Å². The summed E-state index contributed by atoms with van der Waals surface area (Å²) in [6, 6.07) is 22.7. The first-order valence-electron chi connectivity index (χ1n) is 15.0. The highest BCUT2D eigenvalue weighted by Crippen LogP contribution is 2.31. The smallest absolute Gasteiger partial charge is 0.318 e. The van der Waals surface area contributed by atoms with Crippen LogP contribution in [-0.4, -0.2) is 65.7 Å². The van der Waals surface area contributed by atoms with E-state index in [0.29, 0.717) is 36.8 Å². The fraction of sp³-hybridized carbons (Fsp3) is 0.343. The number of rotatable bonds is 9. The Morgan fingerprint density at radius 3 is 2.37 bits per heavy atom. The van der Waals surface area contributed by atoms with Crippen LogP contribution in [-0.2, 0) is 11.3 Å². The van der Waals surface area contributed by atoms with Crippen molar-refractivity contribution in [2.75, 3.05) is 32.5 Å². The molecule has 0 radical (unpaired) electrons. The van der Waals surface area contributed by atoms with Crippen molar-refractivity contribution < 1.29 is 14.4 Å². The predicted octanol–water partition coefficient (Wildman–Crippen LogP) is 6.13. The maximum atomic E-state index is 14.1. The van der Waals surface area contributed by atoms with Gasteiger partial charge in [0.1, 0.15) is 6.04 Å². The molecule has 3 aromatic carbocycles. The van der Waals surface area contributed by atoms with Gasteiger partial charge in [0, 0.05) is 48.2 Å². The third kappa shape index (κ3) is 6.97. The summed E-state index contributed by atoms with van der Waals surface area (Å²) in [5.41, 5.74) is 5.05. The molecule has 8 nitrogen and oxygen atoms in total. The molecule has 8 heteroatoms. The summed E-state index contributed by atoms with van der Waals surface area (Å²) >= 11 is 0. The van der Waals surface area contributed by atoms with Gasteiger partial charge in [0.15, 0.2) is 5.78 Å². The Kier molecular flexibility index (Phi) is 9.26. The molecule has 1 saturated heterocycles. The van der Waals surface area contributed by atoms with Crippen LogP contribution in [0.5, 0.6) is 0 Å². The van der Waals surface area contributed by atoms with Crippen LogP contribution in [0.2, 0.25) is 0 Å². The van der Waals surface area contributed by atoms with Crippen LogP contribution in [0, 0.1) is 0 Å². The molecule has 43 heavy (non-hydrogen) atoms. The Balaban J connectivity index is 1.39. The van der Waals surface area contributed by atoms with Crippen LogP contribution >= 0.6 is 0 Å². The highest BCUT2D eigenvalue weighted by Gasteiger charge is 2.33. The number of ketones is 1. The summed E-state index contributed by atoms with van der Waals surface area (Å²) in [4.78, 5) is 47.4. The van der Waals surface area contributed by atoms with E-state index in [0.717, 1.165) is 34.9 Å². The number of hydrogen-bond acceptors (Lipinski definition) is 4. The molecular formula is C35H41N5O3. The van der Waals surface area contributed by atoms with E-state index >= 15 is 0 Å². The normalized spacial score (nSPS) is 15.3. The van der Waals surface area contributed by atoms with Crippen LogP contribution in [0.1, 0.15) is 65.6 Å². The average Bonchev–Trinajstić information content (AvgIpc) is 3.44. The maximum absolute atomic E-state index is 14.1. The van der Waals surface area contributed by atoms with Gasteiger partial charge in [-0.25, -0.2) is 4.79 Å². The highest BCUT2D eigenvalue weighted by atomic mass is 16.2. The standard InChI is InChI=1S/C35H41N5O3/c1-23(30-21-36-31-13-9-8-12-29(30)31)33(34(42)37-32-20-25(22-39(3)4)14-15-28(32)24(2)41)38-35(43)40-18-16-27(17-19-40)26-10-6-5-7-11-26/h5-15,20-21,23,27,33,36H,16-19,22H2,1-4H3,(H,37,42)(H,38,43)/t23-,33-/m1/s1. The number of amides is 3. The number of nitrogens with one attached hydrogen (secondary N) is 3. The van der Waals surface area contributed by atoms with Gasteiger partial charge in [-0.15, -0.1) is 0 Å². The monoisotopic (exact) mass is 579 g/mol. The number of piperidine rings is 1. The lowest BCUT2D eigenvalue weighted by Gasteiger charge is -2.34. The summed E-state index contributed by atoms with van der Waals surface area (Å²) < 4.78 is 0. The van der Waals surface area contributed by atoms with Crippen molar-refractivity contribution in [3.8, 4) is 0 Å². The van der Waals surface area contributed by atoms with Crippen molar-refractivity contribution >= 4 is 34.3 Å². The molecule has 4 aromatic rings. The summed E-state index contributed by atoms with van der Waals surface area (Å²) in [5, 5.41) is 7.09. The fourth-order valence-electron chi connectivity index (χ4n) is 6.11. The van der Waals surface area contributed by atoms with Crippen LogP contribution < -0.4 is 10.6 Å². The minimum Gasteiger partial charge on any atom is -0.361 e. The fourth-order valence-corrected chi connectivity index (χ4v) is 6.11. The molecule has 0 spiro atoms. The Bertz CT molecular complexity index is 1590. The van der Waals surface area contributed by atoms with E-state index in [1.807, 2.05) is 74.6 Å². The summed E-state index contributed by atoms with van der Waals surface area (Å²) in [7, 11) is 3.93. The van der Waals surface area contributed by atoms with Crippen LogP contribution in [0.25, 0.3) is 10.9 Å². The molecule has 1 aliphatic heterocycles. The zero-order chi connectivity index (χ0) is 30.5. The summed E-state index contributed by atoms with van der Waals surface area (Å²) in [5.74, 6) is -0.449. The number of benzene rings is 3. The second-order valence-electron chi connectivity index (χ2n) is 11.8. The second-order valence-corrected chi connectivity index (χ2v) is 11.8. The molecule has 1 aliphatic rings. The molecule has 0 saturated carbocycles. The van der Waals surface area contributed by atoms with Gasteiger partial charge in [-0.05, 0) is 74.7 Å². The number of aromatic amines is 1. The number of para-hydroxylation sites is 1. The SMILES string of the molecule is CC(=O)c1ccc(CN(C)C)cc1NC(=O)[C@H](NC(=O)N1CCC(c2ccccc2)CC1)[C@H](C)c1c[nH]c2ccccc12. The number of urea groups is 1. The number of Topliss-reactive ketones (excluding diaryl/α,β-unsaturated/α-hetero) is 1. The van der Waals surface area contributed by atoms with Crippen molar-refractivity contribution in [3.63, 3.8) is 0 Å². The van der Waals surface area contributed by atoms with Gasteiger partial charge in [-0.1, -0.05) is 61.5 Å². The Morgan fingerprint density at radius 2 is 1.67 bits per heavy atom. The number of hydrogen-bond donors (Lipinski definition) is 3. The van der Waals surface area contributed by atoms with Crippen LogP contribution in [0.3, 0.4) is 0 Å². The largest absolute Gasteiger partial charge is 0.361 e. The van der Waals surface area contributed by atoms with Gasteiger partial charge in [0.05, 0.1) is 5.69 Å². The summed E-state index contributed by atoms with van der Waals surface area (Å²) in [6.07, 6.45) is 3.64. The third-order valence-electron chi connectivity index (χ3n) is 8.45. The number of carbonyl (C=O) groups excluding carboxylic acids is 3. The van der Waals surface area contributed by atoms with E-state index in [1.165, 1.54) is 12.5 Å². The number of nitrogens with zero attached hydrogens (tertiary/aromatic N) is 2. The highest BCUT2D eigenvalue weighted by molar-refractivity contribution is 6.06. The minimum atomic E-state index is -0.879. The molecule has 0 bridgehead atoms. The number of likely N-dealkylation sites (tertiary alicyclic amines) is 1. The lowest BCUT2D eigenvalue weighted by atomic mass is 9.89. The lowest BCUT2D eigenvalue weighted by molar-refractivity contribution is -0.118. The van der Waals surface area contributed by atoms with E-state index in [9.17, 15) is 14.4 Å². The second kappa shape index (κ2) is 13.3. The number of H-pyrrole nitrogens is 1. The molecular weight excluding hydrogens is 538 g/mol. The minimum absolute atomic E-state index is 0.141. The van der Waals surface area contributed by atoms with Gasteiger partial charge in [0.2, 0.25) is 5.91 Å². The van der Waals surface area contributed by atoms with E-state index in [4.69, 9.17) is 0 Å². The first-order valence-corrected chi connectivity index (χ1v) is 15.0. The zero-order valence-corrected chi connectivity index (χ0v) is 25.4. The van der Waals surface area contributed by atoms with Crippen molar-refractivity contribution in [3.05, 3.63) is 101 Å². The molecule has 0 unspecified atom stereocenters. The van der Waals surface area contributed by atoms with E-state index in [2.05, 4.69) is 39.9 Å². The molecule has 3 N–H and O–H groups in total. The molecule has 1 fully saturated rings. The van der Waals surface area contributed by atoms with Gasteiger partial charge in [0.25, 0.3) is 0 Å². The lowest BCUT2D eigenvalue weighted by Crippen LogP contribution is -2.53. The number of fused-ring (bicyclic) bond motifs is 1. The van der Waals surface area contributed by atoms with E-state index in [1.54, 1.807) is 11.0 Å². The van der Waals surface area contributed by atoms with Crippen LogP contribution in [0.15, 0.2) is 79.0 Å². The van der Waals surface area contributed by atoms with Crippen LogP contribution in [0.4, 0.5) is 10.5 Å². The molecule has 1 aromatic heterocycles. The Labute approximate surface area is 253 Å². The summed E-state index contributed by atoms with van der Waals surface area (Å²) in [6.45, 7) is 5.33. The first-order chi connectivity index (χ1) is 20.7. The number of aromatic nitrogens is 1. The van der Waals surface area contributed by atoms with Crippen molar-refractivity contribution in [2.45, 2.75) is 51.1 Å². The maximum Gasteiger partial charge on any atom is 0.318 e. The average molecular weight is 580 g/mol. The van der Waals surface area contributed by atoms with Gasteiger partial charge >= 0.3 is 6.03 Å².